The van der Waals surface area contributed by atoms with Crippen LogP contribution in [0.3, 0.4) is 0 Å². The van der Waals surface area contributed by atoms with Gasteiger partial charge < -0.3 is 19.9 Å². The Balaban J connectivity index is 1.36. The first-order valence-electron chi connectivity index (χ1n) is 9.61. The van der Waals surface area contributed by atoms with Gasteiger partial charge in [-0.3, -0.25) is 9.59 Å². The van der Waals surface area contributed by atoms with Gasteiger partial charge in [-0.2, -0.15) is 0 Å². The maximum Gasteiger partial charge on any atom is 0.240 e. The summed E-state index contributed by atoms with van der Waals surface area (Å²) in [6, 6.07) is 8.01. The number of ether oxygens (including phenoxy) is 1. The quantitative estimate of drug-likeness (QED) is 0.835. The largest absolute Gasteiger partial charge is 0.384 e. The van der Waals surface area contributed by atoms with Crippen LogP contribution in [0.5, 0.6) is 0 Å². The summed E-state index contributed by atoms with van der Waals surface area (Å²) in [6.07, 6.45) is 4.97. The molecule has 4 unspecified atom stereocenters. The number of rotatable bonds is 5. The van der Waals surface area contributed by atoms with Crippen molar-refractivity contribution in [3.8, 4) is 0 Å². The Morgan fingerprint density at radius 2 is 2.22 bits per heavy atom. The first-order valence-corrected chi connectivity index (χ1v) is 9.61. The van der Waals surface area contributed by atoms with Crippen LogP contribution in [0.1, 0.15) is 25.7 Å². The third kappa shape index (κ3) is 3.83. The second-order valence-electron chi connectivity index (χ2n) is 7.70. The van der Waals surface area contributed by atoms with Crippen molar-refractivity contribution >= 4 is 22.8 Å². The molecule has 4 atom stereocenters. The fourth-order valence-electron chi connectivity index (χ4n) is 4.67. The summed E-state index contributed by atoms with van der Waals surface area (Å²) in [7, 11) is 1.69. The van der Waals surface area contributed by atoms with Crippen LogP contribution in [-0.4, -0.2) is 47.2 Å². The van der Waals surface area contributed by atoms with Crippen LogP contribution in [0.15, 0.2) is 30.6 Å². The van der Waals surface area contributed by atoms with Gasteiger partial charge in [0.25, 0.3) is 0 Å². The monoisotopic (exact) mass is 370 g/mol. The van der Waals surface area contributed by atoms with Crippen LogP contribution in [0.25, 0.3) is 11.0 Å². The number of benzene rings is 1. The van der Waals surface area contributed by atoms with E-state index in [0.29, 0.717) is 18.9 Å². The van der Waals surface area contributed by atoms with Gasteiger partial charge in [0.1, 0.15) is 6.54 Å². The number of hydrogen-bond donors (Lipinski definition) is 2. The maximum atomic E-state index is 12.5. The highest BCUT2D eigenvalue weighted by atomic mass is 16.5. The van der Waals surface area contributed by atoms with Crippen LogP contribution in [0.2, 0.25) is 0 Å². The molecule has 0 bridgehead atoms. The SMILES string of the molecule is COCC1CC(=O)NC2CC(NC(=O)Cn3cnc4ccccc43)CCC12. The molecule has 0 radical (unpaired) electrons. The summed E-state index contributed by atoms with van der Waals surface area (Å²) in [6.45, 7) is 0.878. The van der Waals surface area contributed by atoms with Crippen molar-refractivity contribution in [3.05, 3.63) is 30.6 Å². The van der Waals surface area contributed by atoms with Crippen LogP contribution in [0.4, 0.5) is 0 Å². The number of methoxy groups -OCH3 is 1. The minimum atomic E-state index is -0.0165. The number of piperidine rings is 1. The van der Waals surface area contributed by atoms with E-state index in [9.17, 15) is 9.59 Å². The smallest absolute Gasteiger partial charge is 0.240 e. The molecule has 2 fully saturated rings. The summed E-state index contributed by atoms with van der Waals surface area (Å²) < 4.78 is 7.17. The van der Waals surface area contributed by atoms with Crippen molar-refractivity contribution in [1.29, 1.82) is 0 Å². The lowest BCUT2D eigenvalue weighted by Crippen LogP contribution is -2.56. The second-order valence-corrected chi connectivity index (χ2v) is 7.70. The predicted octanol–water partition coefficient (Wildman–Crippen LogP) is 1.47. The van der Waals surface area contributed by atoms with Crippen molar-refractivity contribution in [2.24, 2.45) is 11.8 Å². The van der Waals surface area contributed by atoms with Crippen LogP contribution < -0.4 is 10.6 Å². The molecule has 1 saturated heterocycles. The van der Waals surface area contributed by atoms with Gasteiger partial charge >= 0.3 is 0 Å². The maximum absolute atomic E-state index is 12.5. The van der Waals surface area contributed by atoms with E-state index in [-0.39, 0.29) is 36.4 Å². The molecule has 2 heterocycles. The number of aromatic nitrogens is 2. The lowest BCUT2D eigenvalue weighted by molar-refractivity contribution is -0.128. The molecular weight excluding hydrogens is 344 g/mol. The minimum absolute atomic E-state index is 0.0165. The average Bonchev–Trinajstić information content (AvgIpc) is 3.04. The zero-order valence-electron chi connectivity index (χ0n) is 15.6. The third-order valence-corrected chi connectivity index (χ3v) is 5.89. The number of nitrogens with one attached hydrogen (secondary N) is 2. The molecule has 1 aliphatic carbocycles. The van der Waals surface area contributed by atoms with Gasteiger partial charge in [-0.15, -0.1) is 0 Å². The molecule has 1 saturated carbocycles. The van der Waals surface area contributed by atoms with Crippen LogP contribution >= 0.6 is 0 Å². The number of carbonyl (C=O) groups excluding carboxylic acids is 2. The van der Waals surface area contributed by atoms with Crippen molar-refractivity contribution in [3.63, 3.8) is 0 Å². The van der Waals surface area contributed by atoms with Gasteiger partial charge in [-0.1, -0.05) is 12.1 Å². The number of nitrogens with zero attached hydrogens (tertiary/aromatic N) is 2. The Hall–Kier alpha value is -2.41. The topological polar surface area (TPSA) is 85.3 Å². The zero-order chi connectivity index (χ0) is 18.8. The highest BCUT2D eigenvalue weighted by molar-refractivity contribution is 5.80. The molecule has 144 valence electrons. The average molecular weight is 370 g/mol. The van der Waals surface area contributed by atoms with Gasteiger partial charge in [0.05, 0.1) is 17.4 Å². The Bertz CT molecular complexity index is 833. The van der Waals surface area contributed by atoms with E-state index in [2.05, 4.69) is 15.6 Å². The molecule has 2 aliphatic rings. The molecule has 1 aromatic heterocycles. The van der Waals surface area contributed by atoms with Gasteiger partial charge in [0, 0.05) is 32.2 Å². The fraction of sp³-hybridized carbons (Fsp3) is 0.550. The van der Waals surface area contributed by atoms with Crippen molar-refractivity contribution < 1.29 is 14.3 Å². The summed E-state index contributed by atoms with van der Waals surface area (Å²) >= 11 is 0. The number of hydrogen-bond acceptors (Lipinski definition) is 4. The number of fused-ring (bicyclic) bond motifs is 2. The first kappa shape index (κ1) is 18.0. The van der Waals surface area contributed by atoms with Gasteiger partial charge in [0.2, 0.25) is 11.8 Å². The summed E-state index contributed by atoms with van der Waals surface area (Å²) in [5, 5.41) is 6.27. The standard InChI is InChI=1S/C20H26N4O3/c1-27-11-13-8-19(25)23-17-9-14(6-7-15(13)17)22-20(26)10-24-12-21-16-4-2-3-5-18(16)24/h2-5,12-15,17H,6-11H2,1H3,(H,22,26)(H,23,25). The van der Waals surface area contributed by atoms with Crippen LogP contribution in [-0.2, 0) is 20.9 Å². The molecule has 27 heavy (non-hydrogen) atoms. The number of carbonyl (C=O) groups is 2. The van der Waals surface area contributed by atoms with Gasteiger partial charge in [0.15, 0.2) is 0 Å². The predicted molar refractivity (Wildman–Crippen MR) is 101 cm³/mol. The van der Waals surface area contributed by atoms with Gasteiger partial charge in [-0.05, 0) is 43.2 Å². The van der Waals surface area contributed by atoms with E-state index in [0.717, 1.165) is 30.3 Å². The summed E-state index contributed by atoms with van der Waals surface area (Å²) in [5.74, 6) is 0.795. The zero-order valence-corrected chi connectivity index (χ0v) is 15.6. The molecule has 2 aromatic rings. The van der Waals surface area contributed by atoms with E-state index in [1.165, 1.54) is 0 Å². The minimum Gasteiger partial charge on any atom is -0.384 e. The lowest BCUT2D eigenvalue weighted by Gasteiger charge is -2.43. The van der Waals surface area contributed by atoms with Crippen molar-refractivity contribution in [1.82, 2.24) is 20.2 Å². The third-order valence-electron chi connectivity index (χ3n) is 5.89. The Kier molecular flexibility index (Phi) is 5.11. The summed E-state index contributed by atoms with van der Waals surface area (Å²) in [4.78, 5) is 28.9. The first-order chi connectivity index (χ1) is 13.1. The van der Waals surface area contributed by atoms with Crippen LogP contribution in [0, 0.1) is 11.8 Å². The number of imidazole rings is 1. The van der Waals surface area contributed by atoms with E-state index in [4.69, 9.17) is 4.74 Å². The molecule has 1 aromatic carbocycles. The Morgan fingerprint density at radius 1 is 1.37 bits per heavy atom. The Labute approximate surface area is 158 Å². The van der Waals surface area contributed by atoms with E-state index >= 15 is 0 Å². The molecule has 0 spiro atoms. The van der Waals surface area contributed by atoms with Gasteiger partial charge in [-0.25, -0.2) is 4.98 Å². The van der Waals surface area contributed by atoms with E-state index < -0.39 is 0 Å². The second kappa shape index (κ2) is 7.68. The normalized spacial score (nSPS) is 27.8. The lowest BCUT2D eigenvalue weighted by atomic mass is 9.71. The molecular formula is C20H26N4O3. The molecule has 7 nitrogen and oxygen atoms in total. The molecule has 7 heteroatoms. The highest BCUT2D eigenvalue weighted by Gasteiger charge is 2.40. The molecule has 2 amide bonds. The fourth-order valence-corrected chi connectivity index (χ4v) is 4.67. The molecule has 2 N–H and O–H groups in total. The van der Waals surface area contributed by atoms with Crippen molar-refractivity contribution in [2.45, 2.75) is 44.3 Å². The molecule has 1 aliphatic heterocycles. The van der Waals surface area contributed by atoms with E-state index in [1.807, 2.05) is 28.8 Å². The summed E-state index contributed by atoms with van der Waals surface area (Å²) in [5.41, 5.74) is 1.85. The highest BCUT2D eigenvalue weighted by Crippen LogP contribution is 2.35. The Morgan fingerprint density at radius 3 is 3.07 bits per heavy atom. The number of para-hydroxylation sites is 2. The van der Waals surface area contributed by atoms with E-state index in [1.54, 1.807) is 13.4 Å². The molecule has 4 rings (SSSR count). The number of amides is 2. The van der Waals surface area contributed by atoms with Crippen molar-refractivity contribution in [2.75, 3.05) is 13.7 Å².